The van der Waals surface area contributed by atoms with Gasteiger partial charge in [0.05, 0.1) is 31.5 Å². The van der Waals surface area contributed by atoms with Crippen LogP contribution >= 0.6 is 0 Å². The molecule has 0 unspecified atom stereocenters. The van der Waals surface area contributed by atoms with Crippen LogP contribution in [0, 0.1) is 11.8 Å². The third kappa shape index (κ3) is 9.11. The van der Waals surface area contributed by atoms with Crippen LogP contribution in [0.1, 0.15) is 74.3 Å². The molecule has 1 aromatic carbocycles. The molecule has 4 atom stereocenters. The first-order valence-electron chi connectivity index (χ1n) is 13.4. The van der Waals surface area contributed by atoms with Crippen molar-refractivity contribution in [3.8, 4) is 17.2 Å². The van der Waals surface area contributed by atoms with Crippen molar-refractivity contribution in [3.05, 3.63) is 30.4 Å². The average molecular weight is 523 g/mol. The molecule has 0 radical (unpaired) electrons. The van der Waals surface area contributed by atoms with E-state index in [0.717, 1.165) is 35.7 Å². The predicted octanol–water partition coefficient (Wildman–Crippen LogP) is 8.07. The summed E-state index contributed by atoms with van der Waals surface area (Å²) in [6.07, 6.45) is 3.59. The van der Waals surface area contributed by atoms with Crippen LogP contribution in [0.3, 0.4) is 0 Å². The predicted molar refractivity (Wildman–Crippen MR) is 154 cm³/mol. The van der Waals surface area contributed by atoms with E-state index in [-0.39, 0.29) is 41.3 Å². The lowest BCUT2D eigenvalue weighted by molar-refractivity contribution is -0.0324. The van der Waals surface area contributed by atoms with Gasteiger partial charge in [0.25, 0.3) is 0 Å². The van der Waals surface area contributed by atoms with Gasteiger partial charge in [0, 0.05) is 18.6 Å². The maximum atomic E-state index is 6.92. The lowest BCUT2D eigenvalue weighted by atomic mass is 9.89. The van der Waals surface area contributed by atoms with Gasteiger partial charge in [-0.05, 0) is 76.7 Å². The van der Waals surface area contributed by atoms with Crippen molar-refractivity contribution >= 4 is 8.32 Å². The second-order valence-corrected chi connectivity index (χ2v) is 16.9. The lowest BCUT2D eigenvalue weighted by Crippen LogP contribution is -2.49. The highest BCUT2D eigenvalue weighted by Crippen LogP contribution is 2.42. The summed E-state index contributed by atoms with van der Waals surface area (Å²) >= 11 is 0. The number of benzene rings is 1. The van der Waals surface area contributed by atoms with Gasteiger partial charge < -0.3 is 23.4 Å². The van der Waals surface area contributed by atoms with Gasteiger partial charge in [0.15, 0.2) is 19.8 Å². The topological polar surface area (TPSA) is 46.2 Å². The van der Waals surface area contributed by atoms with Gasteiger partial charge in [-0.3, -0.25) is 0 Å². The fourth-order valence-corrected chi connectivity index (χ4v) is 5.48. The molecule has 0 spiro atoms. The van der Waals surface area contributed by atoms with E-state index in [1.807, 2.05) is 45.9 Å². The molecule has 0 aliphatic carbocycles. The van der Waals surface area contributed by atoms with Crippen molar-refractivity contribution < 1.29 is 23.4 Å². The number of ether oxygens (including phenoxy) is 4. The Hall–Kier alpha value is -1.50. The van der Waals surface area contributed by atoms with Gasteiger partial charge in [-0.2, -0.15) is 0 Å². The molecule has 36 heavy (non-hydrogen) atoms. The molecule has 0 aromatic heterocycles. The quantitative estimate of drug-likeness (QED) is 0.172. The molecule has 1 rings (SSSR count). The second-order valence-electron chi connectivity index (χ2n) is 12.2. The van der Waals surface area contributed by atoms with Crippen LogP contribution in [-0.2, 0) is 15.6 Å². The highest BCUT2D eigenvalue weighted by Gasteiger charge is 2.42. The van der Waals surface area contributed by atoms with E-state index in [9.17, 15) is 0 Å². The summed E-state index contributed by atoms with van der Waals surface area (Å²) in [6, 6.07) is 3.94. The minimum atomic E-state index is -2.00. The van der Waals surface area contributed by atoms with E-state index in [0.29, 0.717) is 0 Å². The maximum absolute atomic E-state index is 6.92. The largest absolute Gasteiger partial charge is 0.492 e. The van der Waals surface area contributed by atoms with Crippen LogP contribution in [0.15, 0.2) is 24.8 Å². The van der Waals surface area contributed by atoms with Crippen LogP contribution in [0.25, 0.3) is 0 Å². The lowest BCUT2D eigenvalue weighted by Gasteiger charge is -2.43. The normalized spacial score (nSPS) is 16.0. The monoisotopic (exact) mass is 522 g/mol. The molecule has 0 N–H and O–H groups in total. The molecule has 1 aromatic rings. The summed E-state index contributed by atoms with van der Waals surface area (Å²) in [4.78, 5) is 0. The molecule has 0 aliphatic rings. The van der Waals surface area contributed by atoms with Crippen LogP contribution in [0.4, 0.5) is 0 Å². The van der Waals surface area contributed by atoms with E-state index in [1.54, 1.807) is 14.2 Å². The number of hydrogen-bond donors (Lipinski definition) is 0. The van der Waals surface area contributed by atoms with Gasteiger partial charge in [-0.25, -0.2) is 0 Å². The summed E-state index contributed by atoms with van der Waals surface area (Å²) in [7, 11) is 1.49. The first kappa shape index (κ1) is 32.5. The molecule has 0 bridgehead atoms. The van der Waals surface area contributed by atoms with E-state index < -0.39 is 8.32 Å². The summed E-state index contributed by atoms with van der Waals surface area (Å²) in [5.74, 6) is 2.79. The minimum Gasteiger partial charge on any atom is -0.492 e. The molecular weight excluding hydrogens is 468 g/mol. The molecule has 0 saturated heterocycles. The number of methoxy groups -OCH3 is 2. The first-order valence-corrected chi connectivity index (χ1v) is 16.3. The van der Waals surface area contributed by atoms with Crippen LogP contribution in [0.5, 0.6) is 17.2 Å². The van der Waals surface area contributed by atoms with Gasteiger partial charge >= 0.3 is 0 Å². The molecule has 0 saturated carbocycles. The Morgan fingerprint density at radius 2 is 1.44 bits per heavy atom. The average Bonchev–Trinajstić information content (AvgIpc) is 2.75. The second kappa shape index (κ2) is 13.9. The van der Waals surface area contributed by atoms with Crippen LogP contribution < -0.4 is 14.2 Å². The van der Waals surface area contributed by atoms with Crippen LogP contribution in [-0.4, -0.2) is 47.0 Å². The highest BCUT2D eigenvalue weighted by atomic mass is 28.4. The zero-order chi connectivity index (χ0) is 27.8. The Bertz CT molecular complexity index is 812. The fourth-order valence-electron chi connectivity index (χ4n) is 4.08. The van der Waals surface area contributed by atoms with Crippen molar-refractivity contribution in [2.45, 2.75) is 118 Å². The summed E-state index contributed by atoms with van der Waals surface area (Å²) in [5.41, 5.74) is 1.03. The van der Waals surface area contributed by atoms with Crippen LogP contribution in [0.2, 0.25) is 18.1 Å². The van der Waals surface area contributed by atoms with Crippen molar-refractivity contribution in [2.75, 3.05) is 14.2 Å². The summed E-state index contributed by atoms with van der Waals surface area (Å²) < 4.78 is 31.1. The summed E-state index contributed by atoms with van der Waals surface area (Å²) in [6.45, 7) is 28.0. The number of hydrogen-bond acceptors (Lipinski definition) is 5. The van der Waals surface area contributed by atoms with Gasteiger partial charge in [-0.15, -0.1) is 6.58 Å². The summed E-state index contributed by atoms with van der Waals surface area (Å²) in [5, 5.41) is 0.114. The smallest absolute Gasteiger partial charge is 0.192 e. The Kier molecular flexibility index (Phi) is 12.5. The molecule has 208 valence electrons. The molecule has 0 fully saturated rings. The van der Waals surface area contributed by atoms with Gasteiger partial charge in [-0.1, -0.05) is 40.7 Å². The minimum absolute atomic E-state index is 0.0487. The third-order valence-electron chi connectivity index (χ3n) is 7.09. The fraction of sp³-hybridized carbons (Fsp3) is 0.733. The number of rotatable bonds is 15. The van der Waals surface area contributed by atoms with Gasteiger partial charge in [0.2, 0.25) is 0 Å². The SMILES string of the molecule is C=C[C@H](C)[C@@H](O[Si](C)(C)C(C)(C)C)[C@H](C[C@H](C)Cc1c(OC(C)C)ccc(OC(C)C)c1OC)OC. The highest BCUT2D eigenvalue weighted by molar-refractivity contribution is 6.74. The van der Waals surface area contributed by atoms with E-state index >= 15 is 0 Å². The molecule has 0 heterocycles. The first-order chi connectivity index (χ1) is 16.6. The van der Waals surface area contributed by atoms with Crippen molar-refractivity contribution in [2.24, 2.45) is 11.8 Å². The third-order valence-corrected chi connectivity index (χ3v) is 11.6. The van der Waals surface area contributed by atoms with Crippen molar-refractivity contribution in [1.29, 1.82) is 0 Å². The molecular formula is C30H54O5Si. The van der Waals surface area contributed by atoms with Crippen molar-refractivity contribution in [1.82, 2.24) is 0 Å². The van der Waals surface area contributed by atoms with E-state index in [4.69, 9.17) is 23.4 Å². The molecule has 0 amide bonds. The maximum Gasteiger partial charge on any atom is 0.192 e. The molecule has 5 nitrogen and oxygen atoms in total. The molecule has 6 heteroatoms. The Morgan fingerprint density at radius 3 is 1.89 bits per heavy atom. The Balaban J connectivity index is 3.31. The zero-order valence-electron chi connectivity index (χ0n) is 25.4. The molecule has 0 aliphatic heterocycles. The van der Waals surface area contributed by atoms with E-state index in [1.165, 1.54) is 0 Å². The zero-order valence-corrected chi connectivity index (χ0v) is 26.4. The Labute approximate surface area is 223 Å². The van der Waals surface area contributed by atoms with Crippen molar-refractivity contribution in [3.63, 3.8) is 0 Å². The standard InChI is InChI=1S/C30H54O5Si/c1-15-23(7)28(35-36(13,14)30(8,9)10)27(31-11)19-22(6)18-24-25(33-20(2)3)16-17-26(29(24)32-12)34-21(4)5/h15-17,20-23,27-28H,1,18-19H2,2-14H3/t22-,23+,27+,28-/m1/s1. The Morgan fingerprint density at radius 1 is 0.917 bits per heavy atom. The van der Waals surface area contributed by atoms with Gasteiger partial charge in [0.1, 0.15) is 5.75 Å². The van der Waals surface area contributed by atoms with E-state index in [2.05, 4.69) is 54.3 Å².